The van der Waals surface area contributed by atoms with Crippen molar-refractivity contribution in [1.29, 1.82) is 0 Å². The molecule has 2 aromatic carbocycles. The van der Waals surface area contributed by atoms with Gasteiger partial charge in [-0.3, -0.25) is 0 Å². The number of hydrogen-bond donors (Lipinski definition) is 3. The molecule has 0 bridgehead atoms. The standard InChI is InChI=1S/C18H24N4O4/c1-25-17-12-16(18(26-2)11-15(17)19)21-20-13-3-5-14(6-4-13)22(7-9-23)8-10-24/h3-6,11-12,23-24H,7-10,19H2,1-2H3. The normalized spacial score (nSPS) is 10.9. The van der Waals surface area contributed by atoms with Crippen LogP contribution in [0.3, 0.4) is 0 Å². The third-order valence-corrected chi connectivity index (χ3v) is 3.76. The molecule has 0 aliphatic heterocycles. The highest BCUT2D eigenvalue weighted by Gasteiger charge is 2.09. The van der Waals surface area contributed by atoms with Gasteiger partial charge in [0.15, 0.2) is 0 Å². The number of methoxy groups -OCH3 is 2. The van der Waals surface area contributed by atoms with Crippen molar-refractivity contribution in [1.82, 2.24) is 0 Å². The lowest BCUT2D eigenvalue weighted by atomic mass is 10.2. The first-order chi connectivity index (χ1) is 12.6. The molecule has 0 saturated heterocycles. The SMILES string of the molecule is COc1cc(N=Nc2ccc(N(CCO)CCO)cc2)c(OC)cc1N. The van der Waals surface area contributed by atoms with Crippen molar-refractivity contribution in [3.05, 3.63) is 36.4 Å². The van der Waals surface area contributed by atoms with Gasteiger partial charge in [0.05, 0.1) is 38.8 Å². The number of hydrogen-bond acceptors (Lipinski definition) is 8. The van der Waals surface area contributed by atoms with Gasteiger partial charge in [-0.05, 0) is 24.3 Å². The lowest BCUT2D eigenvalue weighted by molar-refractivity contribution is 0.281. The molecule has 0 aromatic heterocycles. The summed E-state index contributed by atoms with van der Waals surface area (Å²) in [5.74, 6) is 1.000. The molecule has 0 amide bonds. The minimum absolute atomic E-state index is 0.0141. The molecule has 0 aliphatic carbocycles. The summed E-state index contributed by atoms with van der Waals surface area (Å²) in [7, 11) is 3.06. The summed E-state index contributed by atoms with van der Waals surface area (Å²) in [5.41, 5.74) is 8.36. The second kappa shape index (κ2) is 9.59. The molecule has 2 aromatic rings. The Hall–Kier alpha value is -2.84. The average Bonchev–Trinajstić information content (AvgIpc) is 2.67. The van der Waals surface area contributed by atoms with E-state index in [0.29, 0.717) is 41.7 Å². The van der Waals surface area contributed by atoms with E-state index >= 15 is 0 Å². The van der Waals surface area contributed by atoms with E-state index in [9.17, 15) is 0 Å². The van der Waals surface area contributed by atoms with Crippen LogP contribution in [0.15, 0.2) is 46.6 Å². The van der Waals surface area contributed by atoms with Gasteiger partial charge in [-0.15, -0.1) is 5.11 Å². The highest BCUT2D eigenvalue weighted by Crippen LogP contribution is 2.37. The Labute approximate surface area is 152 Å². The van der Waals surface area contributed by atoms with Gasteiger partial charge in [0.2, 0.25) is 0 Å². The number of azo groups is 1. The fourth-order valence-corrected chi connectivity index (χ4v) is 2.44. The predicted octanol–water partition coefficient (Wildman–Crippen LogP) is 2.49. The fourth-order valence-electron chi connectivity index (χ4n) is 2.44. The van der Waals surface area contributed by atoms with E-state index in [1.54, 1.807) is 12.1 Å². The van der Waals surface area contributed by atoms with E-state index in [1.165, 1.54) is 14.2 Å². The highest BCUT2D eigenvalue weighted by molar-refractivity contribution is 5.67. The first-order valence-corrected chi connectivity index (χ1v) is 8.13. The van der Waals surface area contributed by atoms with E-state index < -0.39 is 0 Å². The molecule has 4 N–H and O–H groups in total. The van der Waals surface area contributed by atoms with Crippen LogP contribution in [-0.4, -0.2) is 50.7 Å². The van der Waals surface area contributed by atoms with Gasteiger partial charge in [-0.1, -0.05) is 0 Å². The summed E-state index contributed by atoms with van der Waals surface area (Å²) in [4.78, 5) is 1.88. The summed E-state index contributed by atoms with van der Waals surface area (Å²) in [5, 5.41) is 26.7. The van der Waals surface area contributed by atoms with Crippen molar-refractivity contribution in [2.24, 2.45) is 10.2 Å². The monoisotopic (exact) mass is 360 g/mol. The van der Waals surface area contributed by atoms with Gasteiger partial charge in [-0.25, -0.2) is 0 Å². The Kier molecular flexibility index (Phi) is 7.19. The maximum absolute atomic E-state index is 9.11. The first kappa shape index (κ1) is 19.5. The molecule has 8 nitrogen and oxygen atoms in total. The van der Waals surface area contributed by atoms with Crippen LogP contribution in [0.5, 0.6) is 11.5 Å². The molecule has 0 heterocycles. The summed E-state index contributed by atoms with van der Waals surface area (Å²) >= 11 is 0. The van der Waals surface area contributed by atoms with Crippen molar-refractivity contribution in [3.8, 4) is 11.5 Å². The number of aliphatic hydroxyl groups is 2. The smallest absolute Gasteiger partial charge is 0.148 e. The summed E-state index contributed by atoms with van der Waals surface area (Å²) in [6.07, 6.45) is 0. The molecule has 0 aliphatic rings. The lowest BCUT2D eigenvalue weighted by Gasteiger charge is -2.22. The maximum atomic E-state index is 9.11. The zero-order valence-electron chi connectivity index (χ0n) is 14.9. The molecule has 0 saturated carbocycles. The van der Waals surface area contributed by atoms with Crippen LogP contribution in [0.4, 0.5) is 22.7 Å². The average molecular weight is 360 g/mol. The second-order valence-electron chi connectivity index (χ2n) is 5.42. The maximum Gasteiger partial charge on any atom is 0.148 e. The van der Waals surface area contributed by atoms with Crippen LogP contribution < -0.4 is 20.1 Å². The van der Waals surface area contributed by atoms with Gasteiger partial charge < -0.3 is 30.3 Å². The van der Waals surface area contributed by atoms with E-state index in [0.717, 1.165) is 5.69 Å². The number of benzene rings is 2. The van der Waals surface area contributed by atoms with Crippen LogP contribution in [0.25, 0.3) is 0 Å². The molecule has 0 radical (unpaired) electrons. The lowest BCUT2D eigenvalue weighted by Crippen LogP contribution is -2.29. The zero-order valence-corrected chi connectivity index (χ0v) is 14.9. The Balaban J connectivity index is 2.20. The van der Waals surface area contributed by atoms with Gasteiger partial charge in [0.25, 0.3) is 0 Å². The molecular weight excluding hydrogens is 336 g/mol. The van der Waals surface area contributed by atoms with Gasteiger partial charge in [0.1, 0.15) is 17.2 Å². The topological polar surface area (TPSA) is 113 Å². The Morgan fingerprint density at radius 2 is 1.54 bits per heavy atom. The number of nitrogens with zero attached hydrogens (tertiary/aromatic N) is 3. The third kappa shape index (κ3) is 4.84. The molecule has 0 atom stereocenters. The fraction of sp³-hybridized carbons (Fsp3) is 0.333. The van der Waals surface area contributed by atoms with Crippen molar-refractivity contribution in [2.45, 2.75) is 0 Å². The van der Waals surface area contributed by atoms with Crippen LogP contribution in [0.1, 0.15) is 0 Å². The molecule has 0 spiro atoms. The minimum Gasteiger partial charge on any atom is -0.495 e. The predicted molar refractivity (Wildman–Crippen MR) is 101 cm³/mol. The van der Waals surface area contributed by atoms with Crippen LogP contribution in [0, 0.1) is 0 Å². The zero-order chi connectivity index (χ0) is 18.9. The second-order valence-corrected chi connectivity index (χ2v) is 5.42. The number of rotatable bonds is 9. The van der Waals surface area contributed by atoms with Crippen molar-refractivity contribution in [2.75, 3.05) is 51.2 Å². The van der Waals surface area contributed by atoms with Crippen LogP contribution >= 0.6 is 0 Å². The number of ether oxygens (including phenoxy) is 2. The molecule has 26 heavy (non-hydrogen) atoms. The van der Waals surface area contributed by atoms with Crippen molar-refractivity contribution < 1.29 is 19.7 Å². The van der Waals surface area contributed by atoms with Gasteiger partial charge in [0, 0.05) is 30.9 Å². The number of aliphatic hydroxyl groups excluding tert-OH is 2. The van der Waals surface area contributed by atoms with E-state index in [1.807, 2.05) is 29.2 Å². The largest absolute Gasteiger partial charge is 0.495 e. The summed E-state index contributed by atoms with van der Waals surface area (Å²) in [6, 6.07) is 10.6. The van der Waals surface area contributed by atoms with Crippen LogP contribution in [0.2, 0.25) is 0 Å². The summed E-state index contributed by atoms with van der Waals surface area (Å²) < 4.78 is 10.5. The number of nitrogen functional groups attached to an aromatic ring is 1. The highest BCUT2D eigenvalue weighted by atomic mass is 16.5. The van der Waals surface area contributed by atoms with Crippen molar-refractivity contribution >= 4 is 22.7 Å². The van der Waals surface area contributed by atoms with Crippen molar-refractivity contribution in [3.63, 3.8) is 0 Å². The van der Waals surface area contributed by atoms with E-state index in [4.69, 9.17) is 25.4 Å². The van der Waals surface area contributed by atoms with Gasteiger partial charge in [-0.2, -0.15) is 5.11 Å². The molecule has 0 unspecified atom stereocenters. The number of anilines is 2. The Morgan fingerprint density at radius 3 is 2.08 bits per heavy atom. The minimum atomic E-state index is 0.0141. The van der Waals surface area contributed by atoms with Gasteiger partial charge >= 0.3 is 0 Å². The number of nitrogens with two attached hydrogens (primary N) is 1. The summed E-state index contributed by atoms with van der Waals surface area (Å²) in [6.45, 7) is 0.925. The Bertz CT molecular complexity index is 729. The molecule has 8 heteroatoms. The first-order valence-electron chi connectivity index (χ1n) is 8.13. The third-order valence-electron chi connectivity index (χ3n) is 3.76. The molecule has 2 rings (SSSR count). The quantitative estimate of drug-likeness (QED) is 0.468. The molecule has 140 valence electrons. The van der Waals surface area contributed by atoms with E-state index in [-0.39, 0.29) is 13.2 Å². The Morgan fingerprint density at radius 1 is 0.923 bits per heavy atom. The van der Waals surface area contributed by atoms with Crippen LogP contribution in [-0.2, 0) is 0 Å². The van der Waals surface area contributed by atoms with E-state index in [2.05, 4.69) is 10.2 Å². The molecular formula is C18H24N4O4. The molecule has 0 fully saturated rings.